The Morgan fingerprint density at radius 1 is 1.00 bits per heavy atom. The van der Waals surface area contributed by atoms with Gasteiger partial charge in [0.1, 0.15) is 12.4 Å². The van der Waals surface area contributed by atoms with Crippen LogP contribution < -0.4 is 5.32 Å². The number of rotatable bonds is 6. The average Bonchev–Trinajstić information content (AvgIpc) is 3.11. The molecule has 31 heavy (non-hydrogen) atoms. The van der Waals surface area contributed by atoms with E-state index in [0.29, 0.717) is 22.2 Å². The van der Waals surface area contributed by atoms with E-state index in [4.69, 9.17) is 11.6 Å². The van der Waals surface area contributed by atoms with Crippen molar-refractivity contribution in [2.75, 3.05) is 5.32 Å². The van der Waals surface area contributed by atoms with Gasteiger partial charge in [-0.2, -0.15) is 0 Å². The predicted molar refractivity (Wildman–Crippen MR) is 119 cm³/mol. The van der Waals surface area contributed by atoms with Gasteiger partial charge in [-0.25, -0.2) is 12.8 Å². The first kappa shape index (κ1) is 21.1. The van der Waals surface area contributed by atoms with Gasteiger partial charge in [0.15, 0.2) is 9.84 Å². The Balaban J connectivity index is 1.63. The van der Waals surface area contributed by atoms with Gasteiger partial charge in [-0.15, -0.1) is 0 Å². The maximum Gasteiger partial charge on any atom is 0.244 e. The normalized spacial score (nSPS) is 11.5. The van der Waals surface area contributed by atoms with Gasteiger partial charge in [-0.1, -0.05) is 60.1 Å². The van der Waals surface area contributed by atoms with Crippen LogP contribution in [0.2, 0.25) is 5.02 Å². The number of carbonyl (C=O) groups is 1. The van der Waals surface area contributed by atoms with E-state index in [2.05, 4.69) is 5.32 Å². The molecule has 0 aliphatic heterocycles. The van der Waals surface area contributed by atoms with E-state index in [1.807, 2.05) is 6.07 Å². The Morgan fingerprint density at radius 3 is 2.45 bits per heavy atom. The van der Waals surface area contributed by atoms with Crippen molar-refractivity contribution in [3.05, 3.63) is 95.4 Å². The zero-order valence-corrected chi connectivity index (χ0v) is 17.8. The van der Waals surface area contributed by atoms with Crippen molar-refractivity contribution in [3.63, 3.8) is 0 Å². The molecule has 0 spiro atoms. The zero-order chi connectivity index (χ0) is 22.0. The number of carbonyl (C=O) groups excluding carboxylic acids is 1. The smallest absolute Gasteiger partial charge is 0.244 e. The van der Waals surface area contributed by atoms with Crippen LogP contribution in [0.5, 0.6) is 0 Å². The highest BCUT2D eigenvalue weighted by Crippen LogP contribution is 2.28. The fourth-order valence-corrected chi connectivity index (χ4v) is 5.16. The third kappa shape index (κ3) is 4.62. The molecule has 0 saturated heterocycles. The summed E-state index contributed by atoms with van der Waals surface area (Å²) in [6.07, 6.45) is 1.49. The minimum atomic E-state index is -3.64. The van der Waals surface area contributed by atoms with Gasteiger partial charge < -0.3 is 9.88 Å². The molecule has 158 valence electrons. The van der Waals surface area contributed by atoms with Gasteiger partial charge in [0, 0.05) is 22.8 Å². The van der Waals surface area contributed by atoms with Crippen molar-refractivity contribution in [2.24, 2.45) is 0 Å². The molecule has 5 nitrogen and oxygen atoms in total. The number of fused-ring (bicyclic) bond motifs is 1. The summed E-state index contributed by atoms with van der Waals surface area (Å²) in [7, 11) is -3.64. The zero-order valence-electron chi connectivity index (χ0n) is 16.3. The number of sulfone groups is 1. The topological polar surface area (TPSA) is 68.2 Å². The number of hydrogen-bond acceptors (Lipinski definition) is 3. The lowest BCUT2D eigenvalue weighted by Crippen LogP contribution is -2.18. The lowest BCUT2D eigenvalue weighted by Gasteiger charge is -2.08. The first-order valence-electron chi connectivity index (χ1n) is 9.43. The Bertz CT molecular complexity index is 1370. The quantitative estimate of drug-likeness (QED) is 0.441. The molecule has 0 aliphatic rings. The molecule has 1 aromatic heterocycles. The molecule has 1 heterocycles. The van der Waals surface area contributed by atoms with Gasteiger partial charge in [-0.3, -0.25) is 4.79 Å². The van der Waals surface area contributed by atoms with Crippen LogP contribution in [0.1, 0.15) is 5.56 Å². The van der Waals surface area contributed by atoms with E-state index in [9.17, 15) is 17.6 Å². The predicted octanol–water partition coefficient (Wildman–Crippen LogP) is 5.05. The van der Waals surface area contributed by atoms with Crippen molar-refractivity contribution in [2.45, 2.75) is 17.2 Å². The molecule has 0 aliphatic carbocycles. The van der Waals surface area contributed by atoms with Crippen LogP contribution >= 0.6 is 11.6 Å². The van der Waals surface area contributed by atoms with Crippen molar-refractivity contribution in [1.82, 2.24) is 4.57 Å². The van der Waals surface area contributed by atoms with Gasteiger partial charge in [-0.05, 0) is 29.8 Å². The summed E-state index contributed by atoms with van der Waals surface area (Å²) < 4.78 is 41.1. The van der Waals surface area contributed by atoms with Gasteiger partial charge >= 0.3 is 0 Å². The highest BCUT2D eigenvalue weighted by molar-refractivity contribution is 7.90. The first-order valence-corrected chi connectivity index (χ1v) is 11.5. The molecule has 0 atom stereocenters. The number of para-hydroxylation sites is 1. The Morgan fingerprint density at radius 2 is 1.71 bits per heavy atom. The fraction of sp³-hybridized carbons (Fsp3) is 0.0870. The summed E-state index contributed by atoms with van der Waals surface area (Å²) >= 11 is 5.76. The number of amides is 1. The molecule has 0 radical (unpaired) electrons. The number of benzene rings is 3. The summed E-state index contributed by atoms with van der Waals surface area (Å²) in [6.45, 7) is -0.115. The van der Waals surface area contributed by atoms with E-state index >= 15 is 0 Å². The van der Waals surface area contributed by atoms with Crippen LogP contribution in [0.15, 0.2) is 83.9 Å². The molecule has 8 heteroatoms. The highest BCUT2D eigenvalue weighted by atomic mass is 35.5. The summed E-state index contributed by atoms with van der Waals surface area (Å²) in [4.78, 5) is 12.7. The number of nitrogens with one attached hydrogen (secondary N) is 1. The molecule has 3 aromatic carbocycles. The Labute approximate surface area is 184 Å². The van der Waals surface area contributed by atoms with Crippen LogP contribution in [-0.2, 0) is 26.9 Å². The number of halogens is 2. The molecule has 1 amide bonds. The lowest BCUT2D eigenvalue weighted by atomic mass is 10.2. The molecular formula is C23H18ClFN2O3S. The minimum absolute atomic E-state index is 0.0986. The summed E-state index contributed by atoms with van der Waals surface area (Å²) in [5, 5.41) is 3.10. The number of hydrogen-bond donors (Lipinski definition) is 1. The second-order valence-electron chi connectivity index (χ2n) is 7.06. The molecule has 0 bridgehead atoms. The first-order chi connectivity index (χ1) is 14.8. The number of aromatic nitrogens is 1. The van der Waals surface area contributed by atoms with E-state index in [1.165, 1.54) is 18.3 Å². The van der Waals surface area contributed by atoms with Crippen LogP contribution in [0.25, 0.3) is 10.9 Å². The SMILES string of the molecule is O=C(Cn1cc(S(=O)(=O)Cc2ccccc2)c2ccccc21)Nc1ccc(F)c(Cl)c1. The Kier molecular flexibility index (Phi) is 5.80. The fourth-order valence-electron chi connectivity index (χ4n) is 3.39. The monoisotopic (exact) mass is 456 g/mol. The molecule has 4 rings (SSSR count). The lowest BCUT2D eigenvalue weighted by molar-refractivity contribution is -0.116. The summed E-state index contributed by atoms with van der Waals surface area (Å²) in [6, 6.07) is 19.8. The minimum Gasteiger partial charge on any atom is -0.337 e. The number of anilines is 1. The summed E-state index contributed by atoms with van der Waals surface area (Å²) in [5.41, 5.74) is 1.66. The molecule has 0 fully saturated rings. The van der Waals surface area contributed by atoms with E-state index < -0.39 is 21.6 Å². The average molecular weight is 457 g/mol. The molecule has 0 unspecified atom stereocenters. The van der Waals surface area contributed by atoms with Crippen LogP contribution in [0.4, 0.5) is 10.1 Å². The second-order valence-corrected chi connectivity index (χ2v) is 9.43. The van der Waals surface area contributed by atoms with Gasteiger partial charge in [0.05, 0.1) is 15.7 Å². The van der Waals surface area contributed by atoms with Crippen LogP contribution in [0.3, 0.4) is 0 Å². The van der Waals surface area contributed by atoms with Crippen molar-refractivity contribution in [1.29, 1.82) is 0 Å². The highest BCUT2D eigenvalue weighted by Gasteiger charge is 2.22. The van der Waals surface area contributed by atoms with Gasteiger partial charge in [0.25, 0.3) is 0 Å². The van der Waals surface area contributed by atoms with E-state index in [1.54, 1.807) is 53.1 Å². The number of nitrogens with zero attached hydrogens (tertiary/aromatic N) is 1. The maximum atomic E-state index is 13.3. The maximum absolute atomic E-state index is 13.3. The molecule has 0 saturated carbocycles. The van der Waals surface area contributed by atoms with Crippen molar-refractivity contribution < 1.29 is 17.6 Å². The van der Waals surface area contributed by atoms with Crippen molar-refractivity contribution in [3.8, 4) is 0 Å². The Hall–Kier alpha value is -3.16. The second kappa shape index (κ2) is 8.53. The van der Waals surface area contributed by atoms with E-state index in [0.717, 1.165) is 6.07 Å². The van der Waals surface area contributed by atoms with Crippen LogP contribution in [-0.4, -0.2) is 18.9 Å². The van der Waals surface area contributed by atoms with Gasteiger partial charge in [0.2, 0.25) is 5.91 Å². The largest absolute Gasteiger partial charge is 0.337 e. The standard InChI is InChI=1S/C23H18ClFN2O3S/c24-19-12-17(10-11-20(19)25)26-23(28)14-27-13-22(18-8-4-5-9-21(18)27)31(29,30)15-16-6-2-1-3-7-16/h1-13H,14-15H2,(H,26,28). The van der Waals surface area contributed by atoms with E-state index in [-0.39, 0.29) is 22.2 Å². The molecule has 1 N–H and O–H groups in total. The molecular weight excluding hydrogens is 439 g/mol. The molecule has 4 aromatic rings. The third-order valence-electron chi connectivity index (χ3n) is 4.80. The van der Waals surface area contributed by atoms with Crippen molar-refractivity contribution >= 4 is 43.9 Å². The van der Waals surface area contributed by atoms with Crippen LogP contribution in [0, 0.1) is 5.82 Å². The summed E-state index contributed by atoms with van der Waals surface area (Å²) in [5.74, 6) is -1.11. The third-order valence-corrected chi connectivity index (χ3v) is 6.80.